The van der Waals surface area contributed by atoms with E-state index in [2.05, 4.69) is 35.9 Å². The van der Waals surface area contributed by atoms with E-state index in [0.29, 0.717) is 6.04 Å². The van der Waals surface area contributed by atoms with Crippen molar-refractivity contribution in [2.45, 2.75) is 32.7 Å². The summed E-state index contributed by atoms with van der Waals surface area (Å²) < 4.78 is 0. The van der Waals surface area contributed by atoms with Gasteiger partial charge in [0.1, 0.15) is 0 Å². The fraction of sp³-hybridized carbons (Fsp3) is 0.583. The summed E-state index contributed by atoms with van der Waals surface area (Å²) in [4.78, 5) is 6.99. The zero-order valence-electron chi connectivity index (χ0n) is 9.03. The monoisotopic (exact) mass is 190 g/mol. The molecule has 1 unspecified atom stereocenters. The van der Waals surface area contributed by atoms with Crippen LogP contribution in [0.3, 0.4) is 0 Å². The van der Waals surface area contributed by atoms with Gasteiger partial charge in [0.2, 0.25) is 0 Å². The standard InChI is InChI=1S/C12H18N2/c1-3-14-8-4-5-12(14)11-9-10(2)6-7-13-11/h6-7,9,12H,3-5,8H2,1-2H3. The maximum Gasteiger partial charge on any atom is 0.0578 e. The van der Waals surface area contributed by atoms with Crippen LogP contribution in [0, 0.1) is 6.92 Å². The minimum absolute atomic E-state index is 0.569. The minimum Gasteiger partial charge on any atom is -0.295 e. The van der Waals surface area contributed by atoms with Crippen LogP contribution in [-0.2, 0) is 0 Å². The fourth-order valence-electron chi connectivity index (χ4n) is 2.28. The summed E-state index contributed by atoms with van der Waals surface area (Å²) in [7, 11) is 0. The first-order valence-electron chi connectivity index (χ1n) is 5.48. The zero-order valence-corrected chi connectivity index (χ0v) is 9.03. The molecule has 76 valence electrons. The maximum atomic E-state index is 4.48. The molecule has 2 heterocycles. The SMILES string of the molecule is CCN1CCCC1c1cc(C)ccn1. The van der Waals surface area contributed by atoms with Crippen LogP contribution in [0.15, 0.2) is 18.3 Å². The van der Waals surface area contributed by atoms with Crippen molar-refractivity contribution in [1.82, 2.24) is 9.88 Å². The second-order valence-corrected chi connectivity index (χ2v) is 4.04. The summed E-state index contributed by atoms with van der Waals surface area (Å²) >= 11 is 0. The molecule has 1 aliphatic heterocycles. The highest BCUT2D eigenvalue weighted by Crippen LogP contribution is 2.30. The van der Waals surface area contributed by atoms with Crippen molar-refractivity contribution in [3.05, 3.63) is 29.6 Å². The molecule has 1 saturated heterocycles. The van der Waals surface area contributed by atoms with E-state index in [9.17, 15) is 0 Å². The summed E-state index contributed by atoms with van der Waals surface area (Å²) in [5.41, 5.74) is 2.57. The molecule has 0 amide bonds. The Morgan fingerprint density at radius 1 is 1.57 bits per heavy atom. The van der Waals surface area contributed by atoms with Crippen molar-refractivity contribution in [3.63, 3.8) is 0 Å². The van der Waals surface area contributed by atoms with E-state index in [1.165, 1.54) is 30.6 Å². The molecular weight excluding hydrogens is 172 g/mol. The average molecular weight is 190 g/mol. The molecule has 2 rings (SSSR count). The second kappa shape index (κ2) is 4.09. The Labute approximate surface area is 86.0 Å². The molecule has 1 atom stereocenters. The number of likely N-dealkylation sites (tertiary alicyclic amines) is 1. The first kappa shape index (κ1) is 9.66. The Kier molecular flexibility index (Phi) is 2.82. The van der Waals surface area contributed by atoms with Gasteiger partial charge in [0.05, 0.1) is 11.7 Å². The third-order valence-corrected chi connectivity index (χ3v) is 3.05. The van der Waals surface area contributed by atoms with Gasteiger partial charge in [-0.2, -0.15) is 0 Å². The highest BCUT2D eigenvalue weighted by atomic mass is 15.2. The van der Waals surface area contributed by atoms with E-state index < -0.39 is 0 Å². The predicted molar refractivity (Wildman–Crippen MR) is 58.2 cm³/mol. The first-order chi connectivity index (χ1) is 6.81. The topological polar surface area (TPSA) is 16.1 Å². The van der Waals surface area contributed by atoms with Crippen molar-refractivity contribution in [1.29, 1.82) is 0 Å². The number of aromatic nitrogens is 1. The van der Waals surface area contributed by atoms with Crippen LogP contribution < -0.4 is 0 Å². The highest BCUT2D eigenvalue weighted by molar-refractivity contribution is 5.18. The van der Waals surface area contributed by atoms with Gasteiger partial charge in [-0.15, -0.1) is 0 Å². The van der Waals surface area contributed by atoms with Crippen molar-refractivity contribution < 1.29 is 0 Å². The second-order valence-electron chi connectivity index (χ2n) is 4.04. The normalized spacial score (nSPS) is 22.9. The number of hydrogen-bond acceptors (Lipinski definition) is 2. The molecule has 0 saturated carbocycles. The zero-order chi connectivity index (χ0) is 9.97. The van der Waals surface area contributed by atoms with Gasteiger partial charge in [0.25, 0.3) is 0 Å². The van der Waals surface area contributed by atoms with Crippen LogP contribution in [0.4, 0.5) is 0 Å². The van der Waals surface area contributed by atoms with Gasteiger partial charge < -0.3 is 0 Å². The molecular formula is C12H18N2. The van der Waals surface area contributed by atoms with Gasteiger partial charge in [-0.1, -0.05) is 6.92 Å². The third kappa shape index (κ3) is 1.80. The molecule has 0 radical (unpaired) electrons. The first-order valence-corrected chi connectivity index (χ1v) is 5.48. The summed E-state index contributed by atoms with van der Waals surface area (Å²) in [6, 6.07) is 4.85. The molecule has 0 bridgehead atoms. The van der Waals surface area contributed by atoms with Crippen molar-refractivity contribution in [3.8, 4) is 0 Å². The van der Waals surface area contributed by atoms with Gasteiger partial charge in [-0.25, -0.2) is 0 Å². The van der Waals surface area contributed by atoms with Gasteiger partial charge in [-0.3, -0.25) is 9.88 Å². The Morgan fingerprint density at radius 2 is 2.43 bits per heavy atom. The molecule has 0 aliphatic carbocycles. The molecule has 2 heteroatoms. The van der Waals surface area contributed by atoms with E-state index in [1.54, 1.807) is 0 Å². The number of pyridine rings is 1. The lowest BCUT2D eigenvalue weighted by atomic mass is 10.1. The number of aryl methyl sites for hydroxylation is 1. The maximum absolute atomic E-state index is 4.48. The Balaban J connectivity index is 2.21. The molecule has 0 aromatic carbocycles. The Hall–Kier alpha value is -0.890. The summed E-state index contributed by atoms with van der Waals surface area (Å²) in [5, 5.41) is 0. The van der Waals surface area contributed by atoms with E-state index >= 15 is 0 Å². The molecule has 1 fully saturated rings. The minimum atomic E-state index is 0.569. The van der Waals surface area contributed by atoms with Crippen molar-refractivity contribution in [2.24, 2.45) is 0 Å². The predicted octanol–water partition coefficient (Wildman–Crippen LogP) is 2.55. The van der Waals surface area contributed by atoms with Crippen LogP contribution in [0.1, 0.15) is 37.1 Å². The summed E-state index contributed by atoms with van der Waals surface area (Å²) in [6.07, 6.45) is 4.51. The lowest BCUT2D eigenvalue weighted by Crippen LogP contribution is -2.23. The Bertz CT molecular complexity index is 309. The van der Waals surface area contributed by atoms with Gasteiger partial charge in [0.15, 0.2) is 0 Å². The lowest BCUT2D eigenvalue weighted by Gasteiger charge is -2.22. The molecule has 14 heavy (non-hydrogen) atoms. The molecule has 1 aromatic heterocycles. The van der Waals surface area contributed by atoms with Crippen LogP contribution >= 0.6 is 0 Å². The quantitative estimate of drug-likeness (QED) is 0.712. The van der Waals surface area contributed by atoms with Gasteiger partial charge >= 0.3 is 0 Å². The molecule has 1 aromatic rings. The van der Waals surface area contributed by atoms with E-state index in [-0.39, 0.29) is 0 Å². The smallest absolute Gasteiger partial charge is 0.0578 e. The van der Waals surface area contributed by atoms with E-state index in [1.807, 2.05) is 6.20 Å². The number of rotatable bonds is 2. The van der Waals surface area contributed by atoms with Crippen LogP contribution in [0.2, 0.25) is 0 Å². The van der Waals surface area contributed by atoms with E-state index in [4.69, 9.17) is 0 Å². The number of hydrogen-bond donors (Lipinski definition) is 0. The highest BCUT2D eigenvalue weighted by Gasteiger charge is 2.25. The largest absolute Gasteiger partial charge is 0.295 e. The Morgan fingerprint density at radius 3 is 3.14 bits per heavy atom. The third-order valence-electron chi connectivity index (χ3n) is 3.05. The summed E-state index contributed by atoms with van der Waals surface area (Å²) in [5.74, 6) is 0. The average Bonchev–Trinajstić information content (AvgIpc) is 2.65. The molecule has 1 aliphatic rings. The molecule has 2 nitrogen and oxygen atoms in total. The van der Waals surface area contributed by atoms with Crippen LogP contribution in [0.25, 0.3) is 0 Å². The van der Waals surface area contributed by atoms with Crippen LogP contribution in [0.5, 0.6) is 0 Å². The summed E-state index contributed by atoms with van der Waals surface area (Å²) in [6.45, 7) is 6.74. The molecule has 0 spiro atoms. The van der Waals surface area contributed by atoms with Gasteiger partial charge in [0, 0.05) is 6.20 Å². The fourth-order valence-corrected chi connectivity index (χ4v) is 2.28. The van der Waals surface area contributed by atoms with Crippen molar-refractivity contribution >= 4 is 0 Å². The number of nitrogens with zero attached hydrogens (tertiary/aromatic N) is 2. The van der Waals surface area contributed by atoms with Crippen LogP contribution in [-0.4, -0.2) is 23.0 Å². The van der Waals surface area contributed by atoms with Gasteiger partial charge in [-0.05, 0) is 50.6 Å². The molecule has 0 N–H and O–H groups in total. The van der Waals surface area contributed by atoms with E-state index in [0.717, 1.165) is 6.54 Å². The van der Waals surface area contributed by atoms with Crippen molar-refractivity contribution in [2.75, 3.05) is 13.1 Å². The lowest BCUT2D eigenvalue weighted by molar-refractivity contribution is 0.267.